The van der Waals surface area contributed by atoms with Crippen molar-refractivity contribution in [2.45, 2.75) is 32.8 Å². The summed E-state index contributed by atoms with van der Waals surface area (Å²) in [6.45, 7) is 6.45. The molecule has 1 unspecified atom stereocenters. The van der Waals surface area contributed by atoms with Crippen molar-refractivity contribution < 1.29 is 14.6 Å². The smallest absolute Gasteiger partial charge is 0.328 e. The van der Waals surface area contributed by atoms with Gasteiger partial charge in [-0.2, -0.15) is 5.10 Å². The van der Waals surface area contributed by atoms with Crippen LogP contribution in [0.3, 0.4) is 0 Å². The van der Waals surface area contributed by atoms with Crippen LogP contribution >= 0.6 is 0 Å². The molecule has 0 saturated carbocycles. The number of nitrogens with zero attached hydrogens (tertiary/aromatic N) is 3. The van der Waals surface area contributed by atoms with Crippen molar-refractivity contribution in [1.29, 1.82) is 0 Å². The molecule has 2 rings (SSSR count). The van der Waals surface area contributed by atoms with Gasteiger partial charge in [-0.05, 0) is 32.8 Å². The Morgan fingerprint density at radius 3 is 2.95 bits per heavy atom. The van der Waals surface area contributed by atoms with E-state index in [1.807, 2.05) is 18.7 Å². The Bertz CT molecular complexity index is 531. The lowest BCUT2D eigenvalue weighted by atomic mass is 10.2. The molecule has 21 heavy (non-hydrogen) atoms. The number of aromatic nitrogens is 2. The van der Waals surface area contributed by atoms with Crippen molar-refractivity contribution in [2.75, 3.05) is 24.6 Å². The third-order valence-corrected chi connectivity index (χ3v) is 3.76. The summed E-state index contributed by atoms with van der Waals surface area (Å²) in [6, 6.07) is 0. The lowest BCUT2D eigenvalue weighted by Crippen LogP contribution is -2.33. The molecule has 0 bridgehead atoms. The van der Waals surface area contributed by atoms with Gasteiger partial charge in [-0.1, -0.05) is 0 Å². The molecule has 1 N–H and O–H groups in total. The molecule has 0 radical (unpaired) electrons. The molecular formula is C15H23N3O3. The van der Waals surface area contributed by atoms with Gasteiger partial charge < -0.3 is 14.7 Å². The number of aliphatic carboxylic acids is 1. The van der Waals surface area contributed by atoms with E-state index in [1.165, 1.54) is 0 Å². The quantitative estimate of drug-likeness (QED) is 0.811. The van der Waals surface area contributed by atoms with E-state index >= 15 is 0 Å². The molecule has 116 valence electrons. The van der Waals surface area contributed by atoms with Crippen LogP contribution in [-0.2, 0) is 16.6 Å². The maximum absolute atomic E-state index is 10.8. The van der Waals surface area contributed by atoms with Crippen LogP contribution in [0.25, 0.3) is 6.08 Å². The summed E-state index contributed by atoms with van der Waals surface area (Å²) in [5.41, 5.74) is 1.69. The zero-order valence-corrected chi connectivity index (χ0v) is 12.9. The summed E-state index contributed by atoms with van der Waals surface area (Å²) in [6.07, 6.45) is 5.22. The molecule has 1 saturated heterocycles. The fraction of sp³-hybridized carbons (Fsp3) is 0.600. The molecule has 0 aromatic carbocycles. The zero-order valence-electron chi connectivity index (χ0n) is 12.9. The number of aryl methyl sites for hydroxylation is 2. The number of carboxylic acid groups (broad SMARTS) is 1. The van der Waals surface area contributed by atoms with Gasteiger partial charge in [-0.3, -0.25) is 4.68 Å². The Kier molecular flexibility index (Phi) is 5.01. The van der Waals surface area contributed by atoms with Crippen molar-refractivity contribution in [3.8, 4) is 0 Å². The van der Waals surface area contributed by atoms with Crippen LogP contribution < -0.4 is 4.90 Å². The largest absolute Gasteiger partial charge is 0.478 e. The van der Waals surface area contributed by atoms with Crippen LogP contribution in [0.1, 0.15) is 31.0 Å². The monoisotopic (exact) mass is 293 g/mol. The highest BCUT2D eigenvalue weighted by molar-refractivity contribution is 5.87. The van der Waals surface area contributed by atoms with Gasteiger partial charge in [0.05, 0.1) is 11.8 Å². The first-order valence-electron chi connectivity index (χ1n) is 7.34. The highest BCUT2D eigenvalue weighted by Gasteiger charge is 2.23. The summed E-state index contributed by atoms with van der Waals surface area (Å²) in [5.74, 6) is -0.00521. The molecule has 6 heteroatoms. The minimum Gasteiger partial charge on any atom is -0.478 e. The van der Waals surface area contributed by atoms with E-state index in [0.717, 1.165) is 55.7 Å². The molecule has 1 atom stereocenters. The van der Waals surface area contributed by atoms with Crippen molar-refractivity contribution >= 4 is 17.9 Å². The normalized spacial score (nSPS) is 18.5. The third-order valence-electron chi connectivity index (χ3n) is 3.76. The van der Waals surface area contributed by atoms with Crippen LogP contribution in [0.4, 0.5) is 5.82 Å². The van der Waals surface area contributed by atoms with Crippen molar-refractivity contribution in [1.82, 2.24) is 9.78 Å². The molecule has 0 spiro atoms. The zero-order chi connectivity index (χ0) is 15.4. The van der Waals surface area contributed by atoms with E-state index in [-0.39, 0.29) is 6.10 Å². The number of hydrogen-bond donors (Lipinski definition) is 1. The molecule has 2 heterocycles. The topological polar surface area (TPSA) is 67.6 Å². The maximum atomic E-state index is 10.8. The predicted octanol–water partition coefficient (Wildman–Crippen LogP) is 1.83. The van der Waals surface area contributed by atoms with Crippen LogP contribution in [0.5, 0.6) is 0 Å². The molecular weight excluding hydrogens is 270 g/mol. The van der Waals surface area contributed by atoms with Gasteiger partial charge in [0, 0.05) is 38.4 Å². The highest BCUT2D eigenvalue weighted by atomic mass is 16.5. The van der Waals surface area contributed by atoms with E-state index < -0.39 is 5.97 Å². The van der Waals surface area contributed by atoms with Gasteiger partial charge >= 0.3 is 5.97 Å². The van der Waals surface area contributed by atoms with Crippen LogP contribution in [0.15, 0.2) is 6.08 Å². The SMILES string of the molecule is CCN(CC1CCCO1)c1c(C=CC(=O)O)c(C)nn1C. The van der Waals surface area contributed by atoms with E-state index in [0.29, 0.717) is 0 Å². The Balaban J connectivity index is 2.28. The first kappa shape index (κ1) is 15.6. The third kappa shape index (κ3) is 3.64. The first-order chi connectivity index (χ1) is 10.0. The van der Waals surface area contributed by atoms with Gasteiger partial charge in [0.25, 0.3) is 0 Å². The maximum Gasteiger partial charge on any atom is 0.328 e. The van der Waals surface area contributed by atoms with Crippen molar-refractivity contribution in [2.24, 2.45) is 7.05 Å². The molecule has 1 aliphatic rings. The Morgan fingerprint density at radius 2 is 2.38 bits per heavy atom. The van der Waals surface area contributed by atoms with Crippen molar-refractivity contribution in [3.63, 3.8) is 0 Å². The molecule has 1 fully saturated rings. The van der Waals surface area contributed by atoms with Gasteiger partial charge in [0.2, 0.25) is 0 Å². The Hall–Kier alpha value is -1.82. The van der Waals surface area contributed by atoms with Gasteiger partial charge in [0.1, 0.15) is 5.82 Å². The summed E-state index contributed by atoms with van der Waals surface area (Å²) < 4.78 is 7.52. The van der Waals surface area contributed by atoms with E-state index in [9.17, 15) is 4.79 Å². The average Bonchev–Trinajstić information content (AvgIpc) is 3.02. The van der Waals surface area contributed by atoms with Crippen molar-refractivity contribution in [3.05, 3.63) is 17.3 Å². The van der Waals surface area contributed by atoms with Gasteiger partial charge in [-0.25, -0.2) is 4.79 Å². The van der Waals surface area contributed by atoms with Gasteiger partial charge in [-0.15, -0.1) is 0 Å². The standard InChI is InChI=1S/C15H23N3O3/c1-4-18(10-12-6-5-9-21-12)15-13(7-8-14(19)20)11(2)16-17(15)3/h7-8,12H,4-6,9-10H2,1-3H3,(H,19,20). The van der Waals surface area contributed by atoms with Gasteiger partial charge in [0.15, 0.2) is 0 Å². The summed E-state index contributed by atoms with van der Waals surface area (Å²) in [7, 11) is 1.89. The summed E-state index contributed by atoms with van der Waals surface area (Å²) in [4.78, 5) is 13.0. The fourth-order valence-corrected chi connectivity index (χ4v) is 2.79. The second-order valence-electron chi connectivity index (χ2n) is 5.29. The Labute approximate surface area is 125 Å². The van der Waals surface area contributed by atoms with Crippen LogP contribution in [-0.4, -0.2) is 46.7 Å². The molecule has 0 aliphatic carbocycles. The number of hydrogen-bond acceptors (Lipinski definition) is 4. The van der Waals surface area contributed by atoms with E-state index in [2.05, 4.69) is 16.9 Å². The van der Waals surface area contributed by atoms with E-state index in [1.54, 1.807) is 6.08 Å². The first-order valence-corrected chi connectivity index (χ1v) is 7.34. The number of rotatable bonds is 6. The number of anilines is 1. The molecule has 6 nitrogen and oxygen atoms in total. The lowest BCUT2D eigenvalue weighted by Gasteiger charge is -2.26. The number of ether oxygens (including phenoxy) is 1. The fourth-order valence-electron chi connectivity index (χ4n) is 2.79. The summed E-state index contributed by atoms with van der Waals surface area (Å²) >= 11 is 0. The van der Waals surface area contributed by atoms with Crippen LogP contribution in [0, 0.1) is 6.92 Å². The summed E-state index contributed by atoms with van der Waals surface area (Å²) in [5, 5.41) is 13.3. The second-order valence-corrected chi connectivity index (χ2v) is 5.29. The van der Waals surface area contributed by atoms with E-state index in [4.69, 9.17) is 9.84 Å². The molecule has 0 amide bonds. The number of likely N-dealkylation sites (N-methyl/N-ethyl adjacent to an activating group) is 1. The minimum atomic E-state index is -0.952. The number of carbonyl (C=O) groups is 1. The predicted molar refractivity (Wildman–Crippen MR) is 81.5 cm³/mol. The molecule has 1 aromatic rings. The Morgan fingerprint density at radius 1 is 1.62 bits per heavy atom. The second kappa shape index (κ2) is 6.76. The average molecular weight is 293 g/mol. The lowest BCUT2D eigenvalue weighted by molar-refractivity contribution is -0.131. The molecule has 1 aliphatic heterocycles. The number of carboxylic acids is 1. The minimum absolute atomic E-state index is 0.247. The molecule has 1 aromatic heterocycles. The highest BCUT2D eigenvalue weighted by Crippen LogP contribution is 2.26. The van der Waals surface area contributed by atoms with Crippen LogP contribution in [0.2, 0.25) is 0 Å².